The maximum atomic E-state index is 10.5. The molecule has 0 heterocycles. The van der Waals surface area contributed by atoms with Crippen molar-refractivity contribution in [2.24, 2.45) is 0 Å². The predicted octanol–water partition coefficient (Wildman–Crippen LogP) is 4.43. The van der Waals surface area contributed by atoms with Crippen molar-refractivity contribution in [1.82, 2.24) is 0 Å². The number of benzene rings is 2. The van der Waals surface area contributed by atoms with Crippen molar-refractivity contribution in [1.29, 1.82) is 0 Å². The van der Waals surface area contributed by atoms with Gasteiger partial charge in [0.1, 0.15) is 0 Å². The fraction of sp³-hybridized carbons (Fsp3) is 0.235. The summed E-state index contributed by atoms with van der Waals surface area (Å²) in [5.74, 6) is -1.17. The van der Waals surface area contributed by atoms with Crippen LogP contribution in [0.25, 0.3) is 11.1 Å². The largest absolute Gasteiger partial charge is 0.479 e. The van der Waals surface area contributed by atoms with Crippen molar-refractivity contribution >= 4 is 29.2 Å². The quantitative estimate of drug-likeness (QED) is 0.819. The molecule has 116 valence electrons. The van der Waals surface area contributed by atoms with Crippen LogP contribution in [0.2, 0.25) is 10.0 Å². The fourth-order valence-corrected chi connectivity index (χ4v) is 2.73. The van der Waals surface area contributed by atoms with E-state index in [0.29, 0.717) is 16.5 Å². The van der Waals surface area contributed by atoms with Crippen molar-refractivity contribution in [3.8, 4) is 11.1 Å². The Morgan fingerprint density at radius 2 is 1.59 bits per heavy atom. The van der Waals surface area contributed by atoms with E-state index in [1.165, 1.54) is 0 Å². The van der Waals surface area contributed by atoms with Crippen LogP contribution >= 0.6 is 23.2 Å². The molecule has 1 atom stereocenters. The highest BCUT2D eigenvalue weighted by Crippen LogP contribution is 2.27. The Kier molecular flexibility index (Phi) is 5.83. The van der Waals surface area contributed by atoms with Gasteiger partial charge in [0.15, 0.2) is 6.10 Å². The third-order valence-electron chi connectivity index (χ3n) is 3.38. The molecule has 0 fully saturated rings. The van der Waals surface area contributed by atoms with E-state index >= 15 is 0 Å². The lowest BCUT2D eigenvalue weighted by molar-refractivity contribution is -0.146. The number of hydrogen-bond donors (Lipinski definition) is 2. The van der Waals surface area contributed by atoms with Gasteiger partial charge in [0.2, 0.25) is 0 Å². The molecule has 0 bridgehead atoms. The summed E-state index contributed by atoms with van der Waals surface area (Å²) in [7, 11) is 0. The Morgan fingerprint density at radius 3 is 2.14 bits per heavy atom. The van der Waals surface area contributed by atoms with Crippen LogP contribution < -0.4 is 0 Å². The van der Waals surface area contributed by atoms with E-state index in [1.807, 2.05) is 36.4 Å². The fourth-order valence-electron chi connectivity index (χ4n) is 2.21. The first-order valence-corrected chi connectivity index (χ1v) is 7.67. The summed E-state index contributed by atoms with van der Waals surface area (Å²) in [6, 6.07) is 13.3. The molecule has 0 saturated heterocycles. The normalized spacial score (nSPS) is 12.1. The van der Waals surface area contributed by atoms with Crippen molar-refractivity contribution in [3.05, 3.63) is 58.1 Å². The van der Waals surface area contributed by atoms with Gasteiger partial charge in [-0.25, -0.2) is 4.79 Å². The second-order valence-corrected chi connectivity index (χ2v) is 5.97. The van der Waals surface area contributed by atoms with Crippen molar-refractivity contribution in [3.63, 3.8) is 0 Å². The Morgan fingerprint density at radius 1 is 1.00 bits per heavy atom. The molecule has 0 aliphatic rings. The maximum absolute atomic E-state index is 10.5. The third kappa shape index (κ3) is 4.73. The highest BCUT2D eigenvalue weighted by molar-refractivity contribution is 6.35. The molecule has 0 amide bonds. The molecule has 2 aromatic rings. The monoisotopic (exact) mass is 338 g/mol. The maximum Gasteiger partial charge on any atom is 0.332 e. The zero-order valence-corrected chi connectivity index (χ0v) is 13.3. The Labute approximate surface area is 139 Å². The molecule has 5 heteroatoms. The van der Waals surface area contributed by atoms with Crippen LogP contribution in [0, 0.1) is 0 Å². The van der Waals surface area contributed by atoms with Gasteiger partial charge >= 0.3 is 5.97 Å². The Bertz CT molecular complexity index is 633. The van der Waals surface area contributed by atoms with E-state index in [2.05, 4.69) is 0 Å². The minimum atomic E-state index is -1.28. The van der Waals surface area contributed by atoms with Crippen molar-refractivity contribution < 1.29 is 15.0 Å². The molecular formula is C17H16Cl2O3. The summed E-state index contributed by atoms with van der Waals surface area (Å²) in [6.07, 6.45) is 0.311. The molecule has 3 nitrogen and oxygen atoms in total. The predicted molar refractivity (Wildman–Crippen MR) is 88.5 cm³/mol. The topological polar surface area (TPSA) is 57.5 Å². The lowest BCUT2D eigenvalue weighted by Crippen LogP contribution is -2.19. The lowest BCUT2D eigenvalue weighted by atomic mass is 10.0. The molecule has 0 radical (unpaired) electrons. The van der Waals surface area contributed by atoms with Crippen LogP contribution in [0.1, 0.15) is 18.4 Å². The zero-order chi connectivity index (χ0) is 16.1. The summed E-state index contributed by atoms with van der Waals surface area (Å²) in [5.41, 5.74) is 3.05. The Hall–Kier alpha value is -1.55. The SMILES string of the molecule is O=C(O)C(O)CCCc1ccc(-c2cc(Cl)cc(Cl)c2)cc1. The summed E-state index contributed by atoms with van der Waals surface area (Å²) in [4.78, 5) is 10.5. The van der Waals surface area contributed by atoms with Gasteiger partial charge in [-0.1, -0.05) is 47.5 Å². The van der Waals surface area contributed by atoms with Gasteiger partial charge in [0.05, 0.1) is 0 Å². The summed E-state index contributed by atoms with van der Waals surface area (Å²) < 4.78 is 0. The molecule has 2 rings (SSSR count). The molecule has 0 saturated carbocycles. The van der Waals surface area contributed by atoms with E-state index in [4.69, 9.17) is 28.3 Å². The number of aryl methyl sites for hydroxylation is 1. The summed E-state index contributed by atoms with van der Waals surface area (Å²) in [6.45, 7) is 0. The van der Waals surface area contributed by atoms with E-state index in [9.17, 15) is 9.90 Å². The van der Waals surface area contributed by atoms with Gasteiger partial charge in [-0.2, -0.15) is 0 Å². The minimum absolute atomic E-state index is 0.251. The highest BCUT2D eigenvalue weighted by atomic mass is 35.5. The molecule has 0 aliphatic carbocycles. The molecule has 0 aromatic heterocycles. The van der Waals surface area contributed by atoms with E-state index in [1.54, 1.807) is 6.07 Å². The third-order valence-corrected chi connectivity index (χ3v) is 3.81. The summed E-state index contributed by atoms with van der Waals surface area (Å²) in [5, 5.41) is 19.0. The number of rotatable bonds is 6. The number of hydrogen-bond acceptors (Lipinski definition) is 2. The summed E-state index contributed by atoms with van der Waals surface area (Å²) >= 11 is 12.0. The molecule has 22 heavy (non-hydrogen) atoms. The van der Waals surface area contributed by atoms with Crippen LogP contribution in [0.5, 0.6) is 0 Å². The first kappa shape index (κ1) is 16.8. The molecule has 1 unspecified atom stereocenters. The van der Waals surface area contributed by atoms with E-state index in [-0.39, 0.29) is 6.42 Å². The number of carboxylic acid groups (broad SMARTS) is 1. The van der Waals surface area contributed by atoms with Gasteiger partial charge in [0.25, 0.3) is 0 Å². The van der Waals surface area contributed by atoms with Gasteiger partial charge in [0, 0.05) is 10.0 Å². The number of halogens is 2. The number of carboxylic acids is 1. The molecule has 0 aliphatic heterocycles. The second-order valence-electron chi connectivity index (χ2n) is 5.10. The number of carbonyl (C=O) groups is 1. The molecule has 2 N–H and O–H groups in total. The number of aliphatic hydroxyl groups excluding tert-OH is 1. The molecule has 0 spiro atoms. The standard InChI is InChI=1S/C17H16Cl2O3/c18-14-8-13(9-15(19)10-14)12-6-4-11(5-7-12)2-1-3-16(20)17(21)22/h4-10,16,20H,1-3H2,(H,21,22). The first-order valence-electron chi connectivity index (χ1n) is 6.92. The van der Waals surface area contributed by atoms with Crippen LogP contribution in [0.3, 0.4) is 0 Å². The molecular weight excluding hydrogens is 323 g/mol. The van der Waals surface area contributed by atoms with Gasteiger partial charge in [-0.05, 0) is 54.2 Å². The first-order chi connectivity index (χ1) is 10.5. The smallest absolute Gasteiger partial charge is 0.332 e. The minimum Gasteiger partial charge on any atom is -0.479 e. The van der Waals surface area contributed by atoms with Crippen molar-refractivity contribution in [2.75, 3.05) is 0 Å². The lowest BCUT2D eigenvalue weighted by Gasteiger charge is -2.07. The Balaban J connectivity index is 1.99. The highest BCUT2D eigenvalue weighted by Gasteiger charge is 2.12. The van der Waals surface area contributed by atoms with Gasteiger partial charge in [-0.3, -0.25) is 0 Å². The van der Waals surface area contributed by atoms with E-state index in [0.717, 1.165) is 23.1 Å². The zero-order valence-electron chi connectivity index (χ0n) is 11.8. The van der Waals surface area contributed by atoms with Gasteiger partial charge < -0.3 is 10.2 Å². The second kappa shape index (κ2) is 7.63. The van der Waals surface area contributed by atoms with Crippen molar-refractivity contribution in [2.45, 2.75) is 25.4 Å². The van der Waals surface area contributed by atoms with Crippen LogP contribution in [0.4, 0.5) is 0 Å². The van der Waals surface area contributed by atoms with E-state index < -0.39 is 12.1 Å². The van der Waals surface area contributed by atoms with Crippen LogP contribution in [-0.2, 0) is 11.2 Å². The van der Waals surface area contributed by atoms with Crippen LogP contribution in [0.15, 0.2) is 42.5 Å². The number of aliphatic hydroxyl groups is 1. The average molecular weight is 339 g/mol. The van der Waals surface area contributed by atoms with Gasteiger partial charge in [-0.15, -0.1) is 0 Å². The molecule has 2 aromatic carbocycles. The average Bonchev–Trinajstić information content (AvgIpc) is 2.46. The van der Waals surface area contributed by atoms with Crippen LogP contribution in [-0.4, -0.2) is 22.3 Å². The number of aliphatic carboxylic acids is 1.